The van der Waals surface area contributed by atoms with Crippen LogP contribution < -0.4 is 0 Å². The summed E-state index contributed by atoms with van der Waals surface area (Å²) in [6.07, 6.45) is 10.2. The predicted molar refractivity (Wildman–Crippen MR) is 104 cm³/mol. The molecule has 158 valence electrons. The summed E-state index contributed by atoms with van der Waals surface area (Å²) in [5.41, 5.74) is -1.17. The molecule has 0 spiro atoms. The largest absolute Gasteiger partial charge is 0.478 e. The lowest BCUT2D eigenvalue weighted by atomic mass is 9.97. The van der Waals surface area contributed by atoms with E-state index in [1.807, 2.05) is 0 Å². The maximum atomic E-state index is 11.5. The van der Waals surface area contributed by atoms with Crippen molar-refractivity contribution in [1.82, 2.24) is 0 Å². The van der Waals surface area contributed by atoms with E-state index in [0.717, 1.165) is 25.7 Å². The van der Waals surface area contributed by atoms with Gasteiger partial charge in [-0.3, -0.25) is 4.55 Å². The Labute approximate surface area is 162 Å². The number of carboxylic acid groups (broad SMARTS) is 2. The Morgan fingerprint density at radius 1 is 0.778 bits per heavy atom. The molecule has 7 nitrogen and oxygen atoms in total. The fourth-order valence-corrected chi connectivity index (χ4v) is 4.13. The summed E-state index contributed by atoms with van der Waals surface area (Å²) in [6.45, 7) is 3.57. The van der Waals surface area contributed by atoms with Gasteiger partial charge in [-0.05, 0) is 19.3 Å². The monoisotopic (exact) mass is 406 g/mol. The number of carboxylic acids is 2. The third-order valence-corrected chi connectivity index (χ3v) is 5.93. The van der Waals surface area contributed by atoms with Crippen molar-refractivity contribution < 1.29 is 32.8 Å². The lowest BCUT2D eigenvalue weighted by Crippen LogP contribution is -2.29. The van der Waals surface area contributed by atoms with E-state index in [-0.39, 0.29) is 12.8 Å². The van der Waals surface area contributed by atoms with Crippen molar-refractivity contribution in [2.24, 2.45) is 0 Å². The summed E-state index contributed by atoms with van der Waals surface area (Å²) < 4.78 is 32.1. The highest BCUT2D eigenvalue weighted by atomic mass is 32.2. The molecule has 1 atom stereocenters. The van der Waals surface area contributed by atoms with Gasteiger partial charge in [-0.15, -0.1) is 0 Å². The standard InChI is InChI=1S/C19H34O7S/c1-3-5-6-7-8-9-10-11-12-13-14-15(18(20)21)17(19(22)23)16(4-2)27(24,25)26/h16H,3-14H2,1-2H3,(H,20,21)(H,22,23)(H,24,25,26)/b17-15-. The van der Waals surface area contributed by atoms with Gasteiger partial charge in [0.05, 0.1) is 5.57 Å². The first kappa shape index (κ1) is 25.6. The van der Waals surface area contributed by atoms with E-state index in [9.17, 15) is 32.8 Å². The number of unbranched alkanes of at least 4 members (excludes halogenated alkanes) is 9. The summed E-state index contributed by atoms with van der Waals surface area (Å²) in [5.74, 6) is -3.07. The molecule has 0 saturated heterocycles. The van der Waals surface area contributed by atoms with Gasteiger partial charge >= 0.3 is 11.9 Å². The molecule has 0 aliphatic carbocycles. The predicted octanol–water partition coefficient (Wildman–Crippen LogP) is 4.43. The zero-order valence-electron chi connectivity index (χ0n) is 16.4. The second-order valence-corrected chi connectivity index (χ2v) is 8.45. The van der Waals surface area contributed by atoms with Crippen molar-refractivity contribution in [3.8, 4) is 0 Å². The fraction of sp³-hybridized carbons (Fsp3) is 0.789. The molecular weight excluding hydrogens is 372 g/mol. The molecule has 0 rings (SSSR count). The van der Waals surface area contributed by atoms with Crippen LogP contribution >= 0.6 is 0 Å². The molecule has 0 aromatic rings. The van der Waals surface area contributed by atoms with Crippen LogP contribution in [0.5, 0.6) is 0 Å². The Morgan fingerprint density at radius 3 is 1.56 bits per heavy atom. The fourth-order valence-electron chi connectivity index (χ4n) is 3.17. The number of aliphatic carboxylic acids is 2. The van der Waals surface area contributed by atoms with Crippen molar-refractivity contribution >= 4 is 22.1 Å². The van der Waals surface area contributed by atoms with Gasteiger partial charge in [0.2, 0.25) is 0 Å². The van der Waals surface area contributed by atoms with E-state index >= 15 is 0 Å². The molecule has 0 saturated carbocycles. The Kier molecular flexibility index (Phi) is 13.0. The summed E-state index contributed by atoms with van der Waals surface area (Å²) in [6, 6.07) is 0. The van der Waals surface area contributed by atoms with Gasteiger partial charge in [0, 0.05) is 5.57 Å². The molecule has 0 radical (unpaired) electrons. The summed E-state index contributed by atoms with van der Waals surface area (Å²) in [5, 5.41) is 16.9. The molecule has 27 heavy (non-hydrogen) atoms. The first-order chi connectivity index (χ1) is 12.7. The summed E-state index contributed by atoms with van der Waals surface area (Å²) in [4.78, 5) is 23.0. The van der Waals surface area contributed by atoms with Crippen molar-refractivity contribution in [1.29, 1.82) is 0 Å². The van der Waals surface area contributed by atoms with Gasteiger partial charge in [-0.1, -0.05) is 71.6 Å². The quantitative estimate of drug-likeness (QED) is 0.196. The Hall–Kier alpha value is -1.41. The zero-order valence-corrected chi connectivity index (χ0v) is 17.3. The van der Waals surface area contributed by atoms with Crippen LogP contribution in [0.1, 0.15) is 90.9 Å². The molecule has 0 aliphatic heterocycles. The number of carbonyl (C=O) groups is 2. The highest BCUT2D eigenvalue weighted by Gasteiger charge is 2.34. The van der Waals surface area contributed by atoms with E-state index in [0.29, 0.717) is 6.42 Å². The van der Waals surface area contributed by atoms with Gasteiger partial charge < -0.3 is 10.2 Å². The van der Waals surface area contributed by atoms with Crippen molar-refractivity contribution in [3.63, 3.8) is 0 Å². The third-order valence-electron chi connectivity index (χ3n) is 4.65. The second-order valence-electron chi connectivity index (χ2n) is 6.85. The van der Waals surface area contributed by atoms with Crippen LogP contribution in [-0.2, 0) is 19.7 Å². The lowest BCUT2D eigenvalue weighted by Gasteiger charge is -2.16. The lowest BCUT2D eigenvalue weighted by molar-refractivity contribution is -0.136. The minimum absolute atomic E-state index is 0.0283. The number of hydrogen-bond donors (Lipinski definition) is 3. The minimum atomic E-state index is -4.69. The van der Waals surface area contributed by atoms with Gasteiger partial charge in [-0.2, -0.15) is 8.42 Å². The molecule has 1 unspecified atom stereocenters. The molecule has 8 heteroatoms. The summed E-state index contributed by atoms with van der Waals surface area (Å²) >= 11 is 0. The topological polar surface area (TPSA) is 129 Å². The molecule has 0 aliphatic rings. The normalized spacial score (nSPS) is 13.9. The van der Waals surface area contributed by atoms with Crippen LogP contribution in [0.4, 0.5) is 0 Å². The summed E-state index contributed by atoms with van der Waals surface area (Å²) in [7, 11) is -4.69. The van der Waals surface area contributed by atoms with Gasteiger partial charge in [0.15, 0.2) is 0 Å². The maximum absolute atomic E-state index is 11.5. The van der Waals surface area contributed by atoms with Crippen LogP contribution in [0.2, 0.25) is 0 Å². The highest BCUT2D eigenvalue weighted by molar-refractivity contribution is 7.86. The zero-order chi connectivity index (χ0) is 20.9. The maximum Gasteiger partial charge on any atom is 0.333 e. The van der Waals surface area contributed by atoms with Gasteiger partial charge in [0.25, 0.3) is 10.1 Å². The third kappa shape index (κ3) is 10.5. The molecule has 0 aromatic heterocycles. The van der Waals surface area contributed by atoms with Crippen LogP contribution in [0.25, 0.3) is 0 Å². The van der Waals surface area contributed by atoms with E-state index < -0.39 is 38.5 Å². The van der Waals surface area contributed by atoms with Crippen LogP contribution in [0.3, 0.4) is 0 Å². The smallest absolute Gasteiger partial charge is 0.333 e. The van der Waals surface area contributed by atoms with E-state index in [1.54, 1.807) is 0 Å². The molecular formula is C19H34O7S. The molecule has 0 fully saturated rings. The highest BCUT2D eigenvalue weighted by Crippen LogP contribution is 2.24. The first-order valence-corrected chi connectivity index (χ1v) is 11.3. The Bertz CT molecular complexity index is 593. The molecule has 3 N–H and O–H groups in total. The molecule has 0 heterocycles. The number of rotatable bonds is 16. The van der Waals surface area contributed by atoms with E-state index in [4.69, 9.17) is 0 Å². The number of hydrogen-bond acceptors (Lipinski definition) is 4. The molecule has 0 amide bonds. The van der Waals surface area contributed by atoms with Crippen LogP contribution in [0, 0.1) is 0 Å². The van der Waals surface area contributed by atoms with Crippen LogP contribution in [-0.4, -0.2) is 40.4 Å². The van der Waals surface area contributed by atoms with Gasteiger partial charge in [0.1, 0.15) is 5.25 Å². The van der Waals surface area contributed by atoms with E-state index in [1.165, 1.54) is 39.0 Å². The Morgan fingerprint density at radius 2 is 1.22 bits per heavy atom. The van der Waals surface area contributed by atoms with E-state index in [2.05, 4.69) is 6.92 Å². The average molecular weight is 407 g/mol. The first-order valence-electron chi connectivity index (χ1n) is 9.82. The van der Waals surface area contributed by atoms with Crippen LogP contribution in [0.15, 0.2) is 11.1 Å². The van der Waals surface area contributed by atoms with Crippen molar-refractivity contribution in [2.45, 2.75) is 96.1 Å². The minimum Gasteiger partial charge on any atom is -0.478 e. The van der Waals surface area contributed by atoms with Crippen molar-refractivity contribution in [3.05, 3.63) is 11.1 Å². The average Bonchev–Trinajstić information content (AvgIpc) is 2.56. The van der Waals surface area contributed by atoms with Gasteiger partial charge in [-0.25, -0.2) is 9.59 Å². The SMILES string of the molecule is CCCCCCCCCCCC/C(C(=O)O)=C(/C(=O)O)C(CC)S(=O)(=O)O. The molecule has 0 bridgehead atoms. The second kappa shape index (κ2) is 13.7. The molecule has 0 aromatic carbocycles. The van der Waals surface area contributed by atoms with Crippen molar-refractivity contribution in [2.75, 3.05) is 0 Å². The Balaban J connectivity index is 4.71.